The minimum Gasteiger partial charge on any atom is -0.469 e. The van der Waals surface area contributed by atoms with Crippen LogP contribution < -0.4 is 16.0 Å². The lowest BCUT2D eigenvalue weighted by atomic mass is 10.1. The van der Waals surface area contributed by atoms with Gasteiger partial charge in [0.25, 0.3) is 0 Å². The van der Waals surface area contributed by atoms with Crippen LogP contribution in [0.15, 0.2) is 77.4 Å². The normalized spacial score (nSPS) is 11.8. The van der Waals surface area contributed by atoms with E-state index in [0.717, 1.165) is 35.5 Å². The largest absolute Gasteiger partial charge is 0.469 e. The van der Waals surface area contributed by atoms with E-state index in [1.807, 2.05) is 65.6 Å². The molecule has 0 aliphatic carbocycles. The number of nitrogens with zero attached hydrogens (tertiary/aromatic N) is 1. The predicted molar refractivity (Wildman–Crippen MR) is 113 cm³/mol. The maximum Gasteiger partial charge on any atom is 0.236 e. The molecular formula is C23H27N3O2. The molecule has 28 heavy (non-hydrogen) atoms. The second kappa shape index (κ2) is 9.65. The molecule has 5 nitrogen and oxygen atoms in total. The van der Waals surface area contributed by atoms with E-state index in [2.05, 4.69) is 18.3 Å². The number of aryl methyl sites for hydroxylation is 1. The topological polar surface area (TPSA) is 71.5 Å². The Morgan fingerprint density at radius 2 is 1.93 bits per heavy atom. The lowest BCUT2D eigenvalue weighted by molar-refractivity contribution is -0.116. The highest BCUT2D eigenvalue weighted by Gasteiger charge is 2.12. The fourth-order valence-corrected chi connectivity index (χ4v) is 3.19. The van der Waals surface area contributed by atoms with Gasteiger partial charge in [-0.25, -0.2) is 0 Å². The first kappa shape index (κ1) is 19.5. The number of primary amides is 1. The zero-order valence-electron chi connectivity index (χ0n) is 16.2. The number of anilines is 2. The molecule has 0 radical (unpaired) electrons. The van der Waals surface area contributed by atoms with Crippen LogP contribution in [0.4, 0.5) is 11.4 Å². The molecule has 5 heteroatoms. The molecule has 0 aliphatic heterocycles. The Hall–Kier alpha value is -3.21. The molecule has 146 valence electrons. The van der Waals surface area contributed by atoms with E-state index in [-0.39, 0.29) is 12.5 Å². The fourth-order valence-electron chi connectivity index (χ4n) is 3.19. The quantitative estimate of drug-likeness (QED) is 0.555. The number of benzene rings is 2. The number of carbonyl (C=O) groups excluding carboxylic acids is 1. The summed E-state index contributed by atoms with van der Waals surface area (Å²) >= 11 is 0. The summed E-state index contributed by atoms with van der Waals surface area (Å²) in [7, 11) is 0. The summed E-state index contributed by atoms with van der Waals surface area (Å²) in [6.07, 6.45) is 3.56. The van der Waals surface area contributed by atoms with Gasteiger partial charge in [-0.2, -0.15) is 0 Å². The van der Waals surface area contributed by atoms with Crippen molar-refractivity contribution in [3.05, 3.63) is 84.3 Å². The molecule has 2 aromatic carbocycles. The average molecular weight is 377 g/mol. The summed E-state index contributed by atoms with van der Waals surface area (Å²) in [6.45, 7) is 2.95. The second-order valence-corrected chi connectivity index (χ2v) is 7.02. The molecule has 1 atom stereocenters. The number of amides is 1. The van der Waals surface area contributed by atoms with Gasteiger partial charge in [0.05, 0.1) is 12.8 Å². The molecule has 1 amide bonds. The molecule has 0 aliphatic rings. The van der Waals surface area contributed by atoms with Gasteiger partial charge in [0.15, 0.2) is 0 Å². The molecule has 0 bridgehead atoms. The van der Waals surface area contributed by atoms with E-state index < -0.39 is 0 Å². The van der Waals surface area contributed by atoms with Gasteiger partial charge in [-0.1, -0.05) is 36.4 Å². The lowest BCUT2D eigenvalue weighted by Crippen LogP contribution is -2.33. The summed E-state index contributed by atoms with van der Waals surface area (Å²) in [6, 6.07) is 22.4. The molecule has 0 saturated carbocycles. The maximum atomic E-state index is 11.6. The van der Waals surface area contributed by atoms with Crippen LogP contribution in [-0.2, 0) is 17.8 Å². The first-order valence-corrected chi connectivity index (χ1v) is 9.56. The van der Waals surface area contributed by atoms with E-state index in [4.69, 9.17) is 10.2 Å². The number of nitrogens with two attached hydrogens (primary N) is 1. The monoisotopic (exact) mass is 377 g/mol. The molecular weight excluding hydrogens is 350 g/mol. The minimum atomic E-state index is -0.346. The van der Waals surface area contributed by atoms with Crippen molar-refractivity contribution in [2.45, 2.75) is 32.4 Å². The van der Waals surface area contributed by atoms with E-state index in [1.165, 1.54) is 0 Å². The molecule has 0 spiro atoms. The second-order valence-electron chi connectivity index (χ2n) is 7.02. The maximum absolute atomic E-state index is 11.6. The van der Waals surface area contributed by atoms with E-state index in [1.54, 1.807) is 6.26 Å². The van der Waals surface area contributed by atoms with E-state index in [0.29, 0.717) is 12.6 Å². The molecule has 3 aromatic rings. The third-order valence-corrected chi connectivity index (χ3v) is 4.59. The van der Waals surface area contributed by atoms with E-state index >= 15 is 0 Å². The van der Waals surface area contributed by atoms with Crippen molar-refractivity contribution in [2.24, 2.45) is 5.73 Å². The van der Waals surface area contributed by atoms with Gasteiger partial charge in [0.2, 0.25) is 5.91 Å². The number of rotatable bonds is 10. The molecule has 0 unspecified atom stereocenters. The molecule has 3 N–H and O–H groups in total. The molecule has 1 heterocycles. The van der Waals surface area contributed by atoms with Crippen molar-refractivity contribution in [1.29, 1.82) is 0 Å². The minimum absolute atomic E-state index is 0.173. The predicted octanol–water partition coefficient (Wildman–Crippen LogP) is 4.20. The first-order valence-electron chi connectivity index (χ1n) is 9.56. The Kier molecular flexibility index (Phi) is 6.73. The Balaban J connectivity index is 1.67. The fraction of sp³-hybridized carbons (Fsp3) is 0.261. The molecule has 3 rings (SSSR count). The standard InChI is InChI=1S/C23H27N3O2/c1-18(12-13-22-11-6-14-28-22)25-20-9-5-10-21(15-20)26(17-23(24)27)16-19-7-3-2-4-8-19/h2-11,14-15,18,25H,12-13,16-17H2,1H3,(H2,24,27)/t18-/m0/s1. The van der Waals surface area contributed by atoms with Gasteiger partial charge in [0.1, 0.15) is 5.76 Å². The third-order valence-electron chi connectivity index (χ3n) is 4.59. The smallest absolute Gasteiger partial charge is 0.236 e. The number of carbonyl (C=O) groups is 1. The van der Waals surface area contributed by atoms with Crippen molar-refractivity contribution in [3.63, 3.8) is 0 Å². The van der Waals surface area contributed by atoms with Crippen molar-refractivity contribution >= 4 is 17.3 Å². The van der Waals surface area contributed by atoms with Crippen LogP contribution in [-0.4, -0.2) is 18.5 Å². The van der Waals surface area contributed by atoms with Crippen LogP contribution in [0.25, 0.3) is 0 Å². The van der Waals surface area contributed by atoms with Gasteiger partial charge in [-0.3, -0.25) is 4.79 Å². The van der Waals surface area contributed by atoms with Crippen molar-refractivity contribution < 1.29 is 9.21 Å². The average Bonchev–Trinajstić information content (AvgIpc) is 3.20. The summed E-state index contributed by atoms with van der Waals surface area (Å²) < 4.78 is 5.40. The van der Waals surface area contributed by atoms with Gasteiger partial charge in [-0.05, 0) is 49.2 Å². The Morgan fingerprint density at radius 3 is 2.64 bits per heavy atom. The summed E-state index contributed by atoms with van der Waals surface area (Å²) in [4.78, 5) is 13.6. The van der Waals surface area contributed by atoms with Gasteiger partial charge < -0.3 is 20.4 Å². The van der Waals surface area contributed by atoms with Gasteiger partial charge in [0, 0.05) is 30.4 Å². The molecule has 0 fully saturated rings. The van der Waals surface area contributed by atoms with Crippen LogP contribution in [0.5, 0.6) is 0 Å². The Labute approximate surface area is 166 Å². The van der Waals surface area contributed by atoms with Crippen molar-refractivity contribution in [2.75, 3.05) is 16.8 Å². The summed E-state index contributed by atoms with van der Waals surface area (Å²) in [5, 5.41) is 3.53. The highest BCUT2D eigenvalue weighted by molar-refractivity contribution is 5.80. The number of nitrogens with one attached hydrogen (secondary N) is 1. The Morgan fingerprint density at radius 1 is 1.11 bits per heavy atom. The zero-order chi connectivity index (χ0) is 19.8. The zero-order valence-corrected chi connectivity index (χ0v) is 16.2. The van der Waals surface area contributed by atoms with Gasteiger partial charge in [-0.15, -0.1) is 0 Å². The van der Waals surface area contributed by atoms with Crippen LogP contribution >= 0.6 is 0 Å². The SMILES string of the molecule is C[C@@H](CCc1ccco1)Nc1cccc(N(CC(N)=O)Cc2ccccc2)c1. The Bertz CT molecular complexity index is 863. The van der Waals surface area contributed by atoms with Crippen molar-refractivity contribution in [3.8, 4) is 0 Å². The molecule has 0 saturated heterocycles. The van der Waals surface area contributed by atoms with Crippen LogP contribution in [0.2, 0.25) is 0 Å². The van der Waals surface area contributed by atoms with Crippen LogP contribution in [0.3, 0.4) is 0 Å². The van der Waals surface area contributed by atoms with Crippen molar-refractivity contribution in [1.82, 2.24) is 0 Å². The van der Waals surface area contributed by atoms with E-state index in [9.17, 15) is 4.79 Å². The number of hydrogen-bond donors (Lipinski definition) is 2. The summed E-state index contributed by atoms with van der Waals surface area (Å²) in [5.41, 5.74) is 8.60. The first-order chi connectivity index (χ1) is 13.6. The van der Waals surface area contributed by atoms with Gasteiger partial charge >= 0.3 is 0 Å². The number of hydrogen-bond acceptors (Lipinski definition) is 4. The third kappa shape index (κ3) is 5.91. The van der Waals surface area contributed by atoms with Crippen LogP contribution in [0.1, 0.15) is 24.7 Å². The molecule has 1 aromatic heterocycles. The lowest BCUT2D eigenvalue weighted by Gasteiger charge is -2.25. The highest BCUT2D eigenvalue weighted by atomic mass is 16.3. The summed E-state index contributed by atoms with van der Waals surface area (Å²) in [5.74, 6) is 0.652. The highest BCUT2D eigenvalue weighted by Crippen LogP contribution is 2.22. The van der Waals surface area contributed by atoms with Crippen LogP contribution in [0, 0.1) is 0 Å². The number of furan rings is 1.